The van der Waals surface area contributed by atoms with Gasteiger partial charge in [-0.25, -0.2) is 4.39 Å². The zero-order valence-corrected chi connectivity index (χ0v) is 18.0. The Morgan fingerprint density at radius 3 is 2.18 bits per heavy atom. The molecule has 0 saturated carbocycles. The van der Waals surface area contributed by atoms with Crippen LogP contribution in [0, 0.1) is 5.82 Å². The number of aliphatic hydroxyl groups is 1. The lowest BCUT2D eigenvalue weighted by atomic mass is 9.94. The Hall–Kier alpha value is -4.20. The SMILES string of the molecule is COc1cccc(OC)c1/C(O)=C1\C(=O)C(=O)N(Cc2ccncc2)C1c1ccc(F)cc1. The molecule has 1 unspecified atom stereocenters. The molecule has 0 radical (unpaired) electrons. The van der Waals surface area contributed by atoms with Crippen LogP contribution in [0.2, 0.25) is 0 Å². The predicted molar refractivity (Wildman–Crippen MR) is 118 cm³/mol. The number of carbonyl (C=O) groups excluding carboxylic acids is 2. The molecular weight excluding hydrogens is 427 g/mol. The van der Waals surface area contributed by atoms with Gasteiger partial charge in [-0.2, -0.15) is 0 Å². The molecule has 1 aromatic heterocycles. The fourth-order valence-corrected chi connectivity index (χ4v) is 3.94. The first kappa shape index (κ1) is 22.0. The number of benzene rings is 2. The van der Waals surface area contributed by atoms with Crippen LogP contribution < -0.4 is 9.47 Å². The summed E-state index contributed by atoms with van der Waals surface area (Å²) in [5.74, 6) is -2.00. The molecule has 168 valence electrons. The van der Waals surface area contributed by atoms with Crippen molar-refractivity contribution < 1.29 is 28.6 Å². The fourth-order valence-electron chi connectivity index (χ4n) is 3.94. The van der Waals surface area contributed by atoms with E-state index < -0.39 is 29.3 Å². The summed E-state index contributed by atoms with van der Waals surface area (Å²) in [5.41, 5.74) is 1.23. The number of hydrogen-bond donors (Lipinski definition) is 1. The maximum Gasteiger partial charge on any atom is 0.295 e. The second kappa shape index (κ2) is 9.12. The molecule has 1 saturated heterocycles. The van der Waals surface area contributed by atoms with Crippen LogP contribution in [-0.4, -0.2) is 40.9 Å². The van der Waals surface area contributed by atoms with Gasteiger partial charge in [-0.05, 0) is 47.5 Å². The van der Waals surface area contributed by atoms with Crippen LogP contribution in [0.1, 0.15) is 22.7 Å². The first-order valence-corrected chi connectivity index (χ1v) is 10.1. The van der Waals surface area contributed by atoms with Gasteiger partial charge in [0.15, 0.2) is 0 Å². The van der Waals surface area contributed by atoms with E-state index in [1.54, 1.807) is 42.7 Å². The number of aromatic nitrogens is 1. The van der Waals surface area contributed by atoms with Crippen molar-refractivity contribution in [3.8, 4) is 11.5 Å². The smallest absolute Gasteiger partial charge is 0.295 e. The van der Waals surface area contributed by atoms with Gasteiger partial charge in [-0.15, -0.1) is 0 Å². The molecule has 0 aliphatic carbocycles. The number of nitrogens with zero attached hydrogens (tertiary/aromatic N) is 2. The number of Topliss-reactive ketones (excluding diaryl/α,β-unsaturated/α-hetero) is 1. The highest BCUT2D eigenvalue weighted by Crippen LogP contribution is 2.43. The molecule has 0 spiro atoms. The molecule has 1 atom stereocenters. The Kier molecular flexibility index (Phi) is 6.08. The lowest BCUT2D eigenvalue weighted by Gasteiger charge is -2.25. The third-order valence-corrected chi connectivity index (χ3v) is 5.49. The number of hydrogen-bond acceptors (Lipinski definition) is 6. The molecule has 3 aromatic rings. The lowest BCUT2D eigenvalue weighted by molar-refractivity contribution is -0.140. The Morgan fingerprint density at radius 2 is 1.61 bits per heavy atom. The summed E-state index contributed by atoms with van der Waals surface area (Å²) < 4.78 is 24.4. The van der Waals surface area contributed by atoms with Gasteiger partial charge in [-0.3, -0.25) is 14.6 Å². The van der Waals surface area contributed by atoms with Crippen LogP contribution in [-0.2, 0) is 16.1 Å². The van der Waals surface area contributed by atoms with E-state index in [4.69, 9.17) is 9.47 Å². The Bertz CT molecular complexity index is 1200. The van der Waals surface area contributed by atoms with Gasteiger partial charge in [0.1, 0.15) is 28.6 Å². The minimum Gasteiger partial charge on any atom is -0.506 e. The molecule has 1 N–H and O–H groups in total. The van der Waals surface area contributed by atoms with Gasteiger partial charge in [0.25, 0.3) is 11.7 Å². The van der Waals surface area contributed by atoms with Gasteiger partial charge >= 0.3 is 0 Å². The second-order valence-corrected chi connectivity index (χ2v) is 7.37. The standard InChI is InChI=1S/C25H21FN2O5/c1-32-18-4-3-5-19(33-2)20(18)23(29)21-22(16-6-8-17(26)9-7-16)28(25(31)24(21)30)14-15-10-12-27-13-11-15/h3-13,22,29H,14H2,1-2H3/b23-21+. The summed E-state index contributed by atoms with van der Waals surface area (Å²) in [6.45, 7) is 0.0922. The van der Waals surface area contributed by atoms with E-state index in [2.05, 4.69) is 4.98 Å². The first-order valence-electron chi connectivity index (χ1n) is 10.1. The molecule has 33 heavy (non-hydrogen) atoms. The minimum absolute atomic E-state index is 0.0922. The number of ketones is 1. The summed E-state index contributed by atoms with van der Waals surface area (Å²) in [5, 5.41) is 11.3. The van der Waals surface area contributed by atoms with Crippen LogP contribution in [0.5, 0.6) is 11.5 Å². The van der Waals surface area contributed by atoms with Crippen molar-refractivity contribution in [2.45, 2.75) is 12.6 Å². The summed E-state index contributed by atoms with van der Waals surface area (Å²) in [7, 11) is 2.84. The van der Waals surface area contributed by atoms with Gasteiger partial charge in [0.2, 0.25) is 0 Å². The third-order valence-electron chi connectivity index (χ3n) is 5.49. The second-order valence-electron chi connectivity index (χ2n) is 7.37. The average Bonchev–Trinajstić information content (AvgIpc) is 3.09. The maximum atomic E-state index is 13.6. The van der Waals surface area contributed by atoms with Crippen LogP contribution in [0.25, 0.3) is 5.76 Å². The number of halogens is 1. The highest BCUT2D eigenvalue weighted by Gasteiger charge is 2.46. The highest BCUT2D eigenvalue weighted by atomic mass is 19.1. The van der Waals surface area contributed by atoms with Gasteiger partial charge < -0.3 is 19.5 Å². The lowest BCUT2D eigenvalue weighted by Crippen LogP contribution is -2.29. The zero-order valence-electron chi connectivity index (χ0n) is 18.0. The molecule has 1 fully saturated rings. The minimum atomic E-state index is -0.951. The largest absolute Gasteiger partial charge is 0.506 e. The Labute approximate surface area is 189 Å². The van der Waals surface area contributed by atoms with Crippen molar-refractivity contribution >= 4 is 17.4 Å². The van der Waals surface area contributed by atoms with Crippen molar-refractivity contribution in [3.63, 3.8) is 0 Å². The Balaban J connectivity index is 1.93. The number of ether oxygens (including phenoxy) is 2. The van der Waals surface area contributed by atoms with Gasteiger partial charge in [0.05, 0.1) is 25.8 Å². The van der Waals surface area contributed by atoms with E-state index in [9.17, 15) is 19.1 Å². The van der Waals surface area contributed by atoms with E-state index in [1.165, 1.54) is 43.4 Å². The molecule has 4 rings (SSSR count). The summed E-state index contributed by atoms with van der Waals surface area (Å²) in [6, 6.07) is 12.8. The molecule has 2 heterocycles. The van der Waals surface area contributed by atoms with Crippen molar-refractivity contribution in [1.29, 1.82) is 0 Å². The number of methoxy groups -OCH3 is 2. The van der Waals surface area contributed by atoms with Gasteiger partial charge in [0, 0.05) is 18.9 Å². The van der Waals surface area contributed by atoms with E-state index in [0.29, 0.717) is 5.56 Å². The molecule has 1 aliphatic rings. The zero-order chi connectivity index (χ0) is 23.5. The molecular formula is C25H21FN2O5. The number of carbonyl (C=O) groups is 2. The molecule has 1 amide bonds. The molecule has 2 aromatic carbocycles. The highest BCUT2D eigenvalue weighted by molar-refractivity contribution is 6.46. The molecule has 1 aliphatic heterocycles. The third kappa shape index (κ3) is 4.03. The van der Waals surface area contributed by atoms with E-state index >= 15 is 0 Å². The molecule has 7 nitrogen and oxygen atoms in total. The first-order chi connectivity index (χ1) is 16.0. The Morgan fingerprint density at radius 1 is 1.00 bits per heavy atom. The molecule has 0 bridgehead atoms. The van der Waals surface area contributed by atoms with Crippen LogP contribution in [0.3, 0.4) is 0 Å². The van der Waals surface area contributed by atoms with E-state index in [1.807, 2.05) is 0 Å². The van der Waals surface area contributed by atoms with Crippen LogP contribution >= 0.6 is 0 Å². The fraction of sp³-hybridized carbons (Fsp3) is 0.160. The van der Waals surface area contributed by atoms with Crippen LogP contribution in [0.4, 0.5) is 4.39 Å². The maximum absolute atomic E-state index is 13.6. The quantitative estimate of drug-likeness (QED) is 0.350. The average molecular weight is 448 g/mol. The van der Waals surface area contributed by atoms with E-state index in [-0.39, 0.29) is 29.2 Å². The monoisotopic (exact) mass is 448 g/mol. The number of pyridine rings is 1. The normalized spacial score (nSPS) is 17.3. The van der Waals surface area contributed by atoms with Crippen molar-refractivity contribution in [2.24, 2.45) is 0 Å². The number of amides is 1. The molecule has 8 heteroatoms. The number of likely N-dealkylation sites (tertiary alicyclic amines) is 1. The number of rotatable bonds is 6. The van der Waals surface area contributed by atoms with E-state index in [0.717, 1.165) is 5.56 Å². The van der Waals surface area contributed by atoms with Crippen molar-refractivity contribution in [1.82, 2.24) is 9.88 Å². The predicted octanol–water partition coefficient (Wildman–Crippen LogP) is 3.86. The van der Waals surface area contributed by atoms with Crippen molar-refractivity contribution in [3.05, 3.63) is 95.1 Å². The van der Waals surface area contributed by atoms with Crippen molar-refractivity contribution in [2.75, 3.05) is 14.2 Å². The number of aliphatic hydroxyl groups excluding tert-OH is 1. The van der Waals surface area contributed by atoms with Crippen LogP contribution in [0.15, 0.2) is 72.6 Å². The summed E-state index contributed by atoms with van der Waals surface area (Å²) >= 11 is 0. The summed E-state index contributed by atoms with van der Waals surface area (Å²) in [4.78, 5) is 31.6. The topological polar surface area (TPSA) is 89.0 Å². The van der Waals surface area contributed by atoms with Gasteiger partial charge in [-0.1, -0.05) is 18.2 Å². The summed E-state index contributed by atoms with van der Waals surface area (Å²) in [6.07, 6.45) is 3.16.